The molecule has 0 aliphatic rings. The van der Waals surface area contributed by atoms with Gasteiger partial charge >= 0.3 is 5.97 Å². The fourth-order valence-electron chi connectivity index (χ4n) is 1.15. The van der Waals surface area contributed by atoms with Crippen molar-refractivity contribution in [2.45, 2.75) is 19.8 Å². The van der Waals surface area contributed by atoms with E-state index in [4.69, 9.17) is 14.6 Å². The standard InChI is InChI=1S/C12H14O2.C2H4O2/c1-2-12(13)14-10-6-9-11-7-4-3-5-8-11;1-2(3)4/h2-5,7-8H,1,6,9-10H2;1H3,(H,3,4). The minimum absolute atomic E-state index is 0.349. The third-order valence-electron chi connectivity index (χ3n) is 1.86. The van der Waals surface area contributed by atoms with Crippen LogP contribution in [0, 0.1) is 0 Å². The molecule has 0 radical (unpaired) electrons. The quantitative estimate of drug-likeness (QED) is 0.495. The van der Waals surface area contributed by atoms with Gasteiger partial charge < -0.3 is 9.84 Å². The summed E-state index contributed by atoms with van der Waals surface area (Å²) in [7, 11) is 0. The van der Waals surface area contributed by atoms with Gasteiger partial charge in [0.15, 0.2) is 0 Å². The normalized spacial score (nSPS) is 8.72. The van der Waals surface area contributed by atoms with Crippen LogP contribution in [0.25, 0.3) is 0 Å². The fraction of sp³-hybridized carbons (Fsp3) is 0.286. The van der Waals surface area contributed by atoms with Gasteiger partial charge in [-0.05, 0) is 18.4 Å². The minimum atomic E-state index is -0.833. The van der Waals surface area contributed by atoms with Gasteiger partial charge in [0.25, 0.3) is 5.97 Å². The van der Waals surface area contributed by atoms with Crippen molar-refractivity contribution in [3.05, 3.63) is 48.6 Å². The Bertz CT molecular complexity index is 367. The van der Waals surface area contributed by atoms with Gasteiger partial charge in [-0.3, -0.25) is 4.79 Å². The van der Waals surface area contributed by atoms with E-state index >= 15 is 0 Å². The molecule has 0 aliphatic heterocycles. The number of carbonyl (C=O) groups is 2. The summed E-state index contributed by atoms with van der Waals surface area (Å²) in [5, 5.41) is 7.42. The molecule has 1 aromatic rings. The number of carbonyl (C=O) groups excluding carboxylic acids is 1. The zero-order valence-electron chi connectivity index (χ0n) is 10.5. The Morgan fingerprint density at radius 3 is 2.39 bits per heavy atom. The number of benzene rings is 1. The summed E-state index contributed by atoms with van der Waals surface area (Å²) in [6.07, 6.45) is 2.97. The Morgan fingerprint density at radius 2 is 1.89 bits per heavy atom. The van der Waals surface area contributed by atoms with Gasteiger partial charge in [0, 0.05) is 13.0 Å². The van der Waals surface area contributed by atoms with Crippen LogP contribution in [0.3, 0.4) is 0 Å². The topological polar surface area (TPSA) is 63.6 Å². The average molecular weight is 250 g/mol. The Kier molecular flexibility index (Phi) is 8.90. The smallest absolute Gasteiger partial charge is 0.330 e. The van der Waals surface area contributed by atoms with Crippen LogP contribution in [0.4, 0.5) is 0 Å². The highest BCUT2D eigenvalue weighted by atomic mass is 16.5. The first kappa shape index (κ1) is 15.9. The van der Waals surface area contributed by atoms with Crippen LogP contribution in [0.1, 0.15) is 18.9 Å². The van der Waals surface area contributed by atoms with Crippen LogP contribution in [0.15, 0.2) is 43.0 Å². The van der Waals surface area contributed by atoms with E-state index in [-0.39, 0.29) is 5.97 Å². The van der Waals surface area contributed by atoms with Crippen molar-refractivity contribution in [1.29, 1.82) is 0 Å². The Labute approximate surface area is 107 Å². The van der Waals surface area contributed by atoms with Crippen LogP contribution in [-0.2, 0) is 20.7 Å². The van der Waals surface area contributed by atoms with E-state index in [9.17, 15) is 4.79 Å². The van der Waals surface area contributed by atoms with Gasteiger partial charge in [0.2, 0.25) is 0 Å². The lowest BCUT2D eigenvalue weighted by Gasteiger charge is -2.01. The summed E-state index contributed by atoms with van der Waals surface area (Å²) >= 11 is 0. The molecular formula is C14H18O4. The molecule has 0 aromatic heterocycles. The summed E-state index contributed by atoms with van der Waals surface area (Å²) in [5.74, 6) is -1.18. The largest absolute Gasteiger partial charge is 0.481 e. The van der Waals surface area contributed by atoms with Crippen molar-refractivity contribution in [2.24, 2.45) is 0 Å². The third-order valence-corrected chi connectivity index (χ3v) is 1.86. The molecule has 0 fully saturated rings. The molecule has 0 atom stereocenters. The number of ether oxygens (including phenoxy) is 1. The molecule has 98 valence electrons. The van der Waals surface area contributed by atoms with E-state index in [1.807, 2.05) is 18.2 Å². The molecule has 18 heavy (non-hydrogen) atoms. The molecular weight excluding hydrogens is 232 g/mol. The second-order valence-electron chi connectivity index (χ2n) is 3.48. The molecule has 4 nitrogen and oxygen atoms in total. The number of hydrogen-bond donors (Lipinski definition) is 1. The lowest BCUT2D eigenvalue weighted by atomic mass is 10.1. The molecule has 0 saturated carbocycles. The first-order valence-electron chi connectivity index (χ1n) is 5.59. The van der Waals surface area contributed by atoms with Crippen molar-refractivity contribution in [1.82, 2.24) is 0 Å². The molecule has 0 spiro atoms. The number of aryl methyl sites for hydroxylation is 1. The van der Waals surface area contributed by atoms with E-state index in [0.717, 1.165) is 19.8 Å². The van der Waals surface area contributed by atoms with E-state index in [2.05, 4.69) is 18.7 Å². The van der Waals surface area contributed by atoms with Crippen LogP contribution in [0.5, 0.6) is 0 Å². The maximum absolute atomic E-state index is 10.7. The highest BCUT2D eigenvalue weighted by molar-refractivity contribution is 5.81. The van der Waals surface area contributed by atoms with E-state index in [0.29, 0.717) is 6.61 Å². The van der Waals surface area contributed by atoms with Crippen molar-refractivity contribution in [2.75, 3.05) is 6.61 Å². The summed E-state index contributed by atoms with van der Waals surface area (Å²) < 4.78 is 4.86. The summed E-state index contributed by atoms with van der Waals surface area (Å²) in [4.78, 5) is 19.7. The van der Waals surface area contributed by atoms with Crippen molar-refractivity contribution >= 4 is 11.9 Å². The molecule has 0 unspecified atom stereocenters. The zero-order chi connectivity index (χ0) is 13.8. The van der Waals surface area contributed by atoms with Crippen LogP contribution < -0.4 is 0 Å². The maximum atomic E-state index is 10.7. The summed E-state index contributed by atoms with van der Waals surface area (Å²) in [6, 6.07) is 10.1. The van der Waals surface area contributed by atoms with Gasteiger partial charge in [0.05, 0.1) is 6.61 Å². The molecule has 0 saturated heterocycles. The number of carboxylic acids is 1. The molecule has 0 amide bonds. The van der Waals surface area contributed by atoms with E-state index < -0.39 is 5.97 Å². The Balaban J connectivity index is 0.000000631. The highest BCUT2D eigenvalue weighted by Gasteiger charge is 1.95. The van der Waals surface area contributed by atoms with Crippen LogP contribution >= 0.6 is 0 Å². The first-order valence-corrected chi connectivity index (χ1v) is 5.59. The second kappa shape index (κ2) is 10.1. The van der Waals surface area contributed by atoms with Crippen molar-refractivity contribution < 1.29 is 19.4 Å². The van der Waals surface area contributed by atoms with Gasteiger partial charge in [-0.25, -0.2) is 4.79 Å². The highest BCUT2D eigenvalue weighted by Crippen LogP contribution is 2.02. The van der Waals surface area contributed by atoms with Crippen LogP contribution in [0.2, 0.25) is 0 Å². The third kappa shape index (κ3) is 10.4. The van der Waals surface area contributed by atoms with Crippen molar-refractivity contribution in [3.8, 4) is 0 Å². The number of rotatable bonds is 5. The second-order valence-corrected chi connectivity index (χ2v) is 3.48. The molecule has 1 N–H and O–H groups in total. The van der Waals surface area contributed by atoms with Crippen LogP contribution in [-0.4, -0.2) is 23.7 Å². The molecule has 1 rings (SSSR count). The van der Waals surface area contributed by atoms with E-state index in [1.54, 1.807) is 0 Å². The predicted molar refractivity (Wildman–Crippen MR) is 69.2 cm³/mol. The monoisotopic (exact) mass is 250 g/mol. The van der Waals surface area contributed by atoms with Gasteiger partial charge in [-0.15, -0.1) is 0 Å². The fourth-order valence-corrected chi connectivity index (χ4v) is 1.15. The lowest BCUT2D eigenvalue weighted by Crippen LogP contribution is -2.02. The van der Waals surface area contributed by atoms with Crippen molar-refractivity contribution in [3.63, 3.8) is 0 Å². The number of hydrogen-bond acceptors (Lipinski definition) is 3. The predicted octanol–water partition coefficient (Wildman–Crippen LogP) is 2.44. The number of esters is 1. The molecule has 0 heterocycles. The summed E-state index contributed by atoms with van der Waals surface area (Å²) in [5.41, 5.74) is 1.27. The number of carboxylic acid groups (broad SMARTS) is 1. The van der Waals surface area contributed by atoms with E-state index in [1.165, 1.54) is 11.6 Å². The molecule has 1 aromatic carbocycles. The SMILES string of the molecule is C=CC(=O)OCCCc1ccccc1.CC(=O)O. The zero-order valence-corrected chi connectivity index (χ0v) is 10.5. The summed E-state index contributed by atoms with van der Waals surface area (Å²) in [6.45, 7) is 4.86. The Morgan fingerprint density at radius 1 is 1.33 bits per heavy atom. The lowest BCUT2D eigenvalue weighted by molar-refractivity contribution is -0.138. The molecule has 4 heteroatoms. The van der Waals surface area contributed by atoms with Gasteiger partial charge in [-0.1, -0.05) is 36.9 Å². The minimum Gasteiger partial charge on any atom is -0.481 e. The van der Waals surface area contributed by atoms with Gasteiger partial charge in [0.1, 0.15) is 0 Å². The Hall–Kier alpha value is -2.10. The molecule has 0 bridgehead atoms. The number of aliphatic carboxylic acids is 1. The first-order chi connectivity index (χ1) is 8.56. The average Bonchev–Trinajstić information content (AvgIpc) is 2.35. The maximum Gasteiger partial charge on any atom is 0.330 e. The van der Waals surface area contributed by atoms with Gasteiger partial charge in [-0.2, -0.15) is 0 Å². The molecule has 0 aliphatic carbocycles.